The molecule has 1 aromatic rings. The Bertz CT molecular complexity index is 388. The molecular formula is C15H22O4. The standard InChI is InChI=1S/C15H22O4/c1-12(2)6-7-18-8-9-19-15-5-4-14(17-3)10-13(15)11-16/h4-5,10-12H,6-9H2,1-3H3. The Morgan fingerprint density at radius 2 is 2.00 bits per heavy atom. The summed E-state index contributed by atoms with van der Waals surface area (Å²) in [6.45, 7) is 6.02. The highest BCUT2D eigenvalue weighted by Crippen LogP contribution is 2.22. The van der Waals surface area contributed by atoms with E-state index in [0.29, 0.717) is 36.2 Å². The van der Waals surface area contributed by atoms with E-state index in [1.54, 1.807) is 25.3 Å². The fraction of sp³-hybridized carbons (Fsp3) is 0.533. The van der Waals surface area contributed by atoms with Crippen molar-refractivity contribution in [3.8, 4) is 11.5 Å². The molecule has 106 valence electrons. The molecule has 0 atom stereocenters. The zero-order chi connectivity index (χ0) is 14.1. The monoisotopic (exact) mass is 266 g/mol. The van der Waals surface area contributed by atoms with Crippen molar-refractivity contribution in [1.29, 1.82) is 0 Å². The molecule has 4 heteroatoms. The lowest BCUT2D eigenvalue weighted by Crippen LogP contribution is -2.09. The number of hydrogen-bond acceptors (Lipinski definition) is 4. The molecule has 0 N–H and O–H groups in total. The first-order valence-electron chi connectivity index (χ1n) is 6.51. The molecule has 0 unspecified atom stereocenters. The summed E-state index contributed by atoms with van der Waals surface area (Å²) in [5.41, 5.74) is 0.488. The van der Waals surface area contributed by atoms with Crippen LogP contribution in [-0.2, 0) is 4.74 Å². The summed E-state index contributed by atoms with van der Waals surface area (Å²) in [5, 5.41) is 0. The van der Waals surface area contributed by atoms with Crippen molar-refractivity contribution < 1.29 is 19.0 Å². The largest absolute Gasteiger partial charge is 0.497 e. The van der Waals surface area contributed by atoms with Gasteiger partial charge in [-0.15, -0.1) is 0 Å². The van der Waals surface area contributed by atoms with Crippen LogP contribution in [0.2, 0.25) is 0 Å². The van der Waals surface area contributed by atoms with Gasteiger partial charge in [0.15, 0.2) is 6.29 Å². The van der Waals surface area contributed by atoms with E-state index < -0.39 is 0 Å². The maximum Gasteiger partial charge on any atom is 0.153 e. The third kappa shape index (κ3) is 5.75. The maximum absolute atomic E-state index is 10.9. The molecule has 0 aromatic heterocycles. The molecule has 0 saturated heterocycles. The lowest BCUT2D eigenvalue weighted by atomic mass is 10.1. The Balaban J connectivity index is 2.34. The molecule has 0 aliphatic heterocycles. The normalized spacial score (nSPS) is 10.5. The van der Waals surface area contributed by atoms with Gasteiger partial charge in [-0.25, -0.2) is 0 Å². The molecular weight excluding hydrogens is 244 g/mol. The molecule has 1 aromatic carbocycles. The highest BCUT2D eigenvalue weighted by atomic mass is 16.5. The second-order valence-electron chi connectivity index (χ2n) is 4.66. The van der Waals surface area contributed by atoms with Crippen LogP contribution in [0.4, 0.5) is 0 Å². The molecule has 0 aliphatic carbocycles. The Kier molecular flexibility index (Phi) is 6.97. The highest BCUT2D eigenvalue weighted by molar-refractivity contribution is 5.80. The lowest BCUT2D eigenvalue weighted by Gasteiger charge is -2.10. The first-order valence-corrected chi connectivity index (χ1v) is 6.51. The van der Waals surface area contributed by atoms with Crippen molar-refractivity contribution in [1.82, 2.24) is 0 Å². The van der Waals surface area contributed by atoms with Gasteiger partial charge in [-0.05, 0) is 30.5 Å². The van der Waals surface area contributed by atoms with E-state index >= 15 is 0 Å². The third-order valence-corrected chi connectivity index (χ3v) is 2.67. The summed E-state index contributed by atoms with van der Waals surface area (Å²) in [4.78, 5) is 10.9. The molecule has 0 amide bonds. The molecule has 0 saturated carbocycles. The molecule has 0 aliphatic rings. The van der Waals surface area contributed by atoms with Gasteiger partial charge in [-0.1, -0.05) is 13.8 Å². The fourth-order valence-corrected chi connectivity index (χ4v) is 1.51. The summed E-state index contributed by atoms with van der Waals surface area (Å²) in [6, 6.07) is 5.15. The van der Waals surface area contributed by atoms with Crippen molar-refractivity contribution in [2.24, 2.45) is 5.92 Å². The summed E-state index contributed by atoms with van der Waals surface area (Å²) in [6.07, 6.45) is 1.81. The van der Waals surface area contributed by atoms with Crippen molar-refractivity contribution in [3.63, 3.8) is 0 Å². The van der Waals surface area contributed by atoms with Crippen molar-refractivity contribution in [2.45, 2.75) is 20.3 Å². The topological polar surface area (TPSA) is 44.8 Å². The Hall–Kier alpha value is -1.55. The third-order valence-electron chi connectivity index (χ3n) is 2.67. The van der Waals surface area contributed by atoms with Crippen LogP contribution in [0.25, 0.3) is 0 Å². The van der Waals surface area contributed by atoms with Crippen LogP contribution in [-0.4, -0.2) is 33.2 Å². The SMILES string of the molecule is COc1ccc(OCCOCCC(C)C)c(C=O)c1. The van der Waals surface area contributed by atoms with Gasteiger partial charge in [-0.2, -0.15) is 0 Å². The number of ether oxygens (including phenoxy) is 3. The Morgan fingerprint density at radius 3 is 2.63 bits per heavy atom. The second-order valence-corrected chi connectivity index (χ2v) is 4.66. The van der Waals surface area contributed by atoms with Crippen LogP contribution in [0, 0.1) is 5.92 Å². The summed E-state index contributed by atoms with van der Waals surface area (Å²) < 4.78 is 16.0. The van der Waals surface area contributed by atoms with E-state index in [-0.39, 0.29) is 0 Å². The molecule has 0 fully saturated rings. The molecule has 0 bridgehead atoms. The van der Waals surface area contributed by atoms with Crippen LogP contribution >= 0.6 is 0 Å². The van der Waals surface area contributed by atoms with E-state index in [2.05, 4.69) is 13.8 Å². The molecule has 0 heterocycles. The van der Waals surface area contributed by atoms with Crippen LogP contribution in [0.15, 0.2) is 18.2 Å². The van der Waals surface area contributed by atoms with Gasteiger partial charge in [0.1, 0.15) is 18.1 Å². The zero-order valence-electron chi connectivity index (χ0n) is 11.8. The van der Waals surface area contributed by atoms with E-state index in [1.807, 2.05) is 0 Å². The van der Waals surface area contributed by atoms with Gasteiger partial charge in [0.2, 0.25) is 0 Å². The van der Waals surface area contributed by atoms with Crippen LogP contribution in [0.3, 0.4) is 0 Å². The smallest absolute Gasteiger partial charge is 0.153 e. The lowest BCUT2D eigenvalue weighted by molar-refractivity contribution is 0.0917. The predicted molar refractivity (Wildman–Crippen MR) is 74.2 cm³/mol. The van der Waals surface area contributed by atoms with Gasteiger partial charge < -0.3 is 14.2 Å². The Morgan fingerprint density at radius 1 is 1.21 bits per heavy atom. The zero-order valence-corrected chi connectivity index (χ0v) is 11.8. The second kappa shape index (κ2) is 8.53. The van der Waals surface area contributed by atoms with Gasteiger partial charge in [0.25, 0.3) is 0 Å². The van der Waals surface area contributed by atoms with Crippen molar-refractivity contribution >= 4 is 6.29 Å². The van der Waals surface area contributed by atoms with Crippen LogP contribution in [0.5, 0.6) is 11.5 Å². The van der Waals surface area contributed by atoms with Gasteiger partial charge >= 0.3 is 0 Å². The number of carbonyl (C=O) groups is 1. The minimum absolute atomic E-state index is 0.436. The number of methoxy groups -OCH3 is 1. The first kappa shape index (κ1) is 15.5. The van der Waals surface area contributed by atoms with E-state index in [0.717, 1.165) is 19.3 Å². The average Bonchev–Trinajstić information content (AvgIpc) is 2.42. The summed E-state index contributed by atoms with van der Waals surface area (Å²) in [7, 11) is 1.56. The van der Waals surface area contributed by atoms with Crippen LogP contribution in [0.1, 0.15) is 30.6 Å². The summed E-state index contributed by atoms with van der Waals surface area (Å²) in [5.74, 6) is 1.84. The molecule has 0 spiro atoms. The molecule has 19 heavy (non-hydrogen) atoms. The fourth-order valence-electron chi connectivity index (χ4n) is 1.51. The predicted octanol–water partition coefficient (Wildman–Crippen LogP) is 2.95. The van der Waals surface area contributed by atoms with Crippen LogP contribution < -0.4 is 9.47 Å². The van der Waals surface area contributed by atoms with Crippen molar-refractivity contribution in [2.75, 3.05) is 26.9 Å². The Labute approximate surface area is 114 Å². The minimum atomic E-state index is 0.436. The molecule has 4 nitrogen and oxygen atoms in total. The number of carbonyl (C=O) groups excluding carboxylic acids is 1. The highest BCUT2D eigenvalue weighted by Gasteiger charge is 2.04. The number of rotatable bonds is 9. The molecule has 1 rings (SSSR count). The number of aldehydes is 1. The minimum Gasteiger partial charge on any atom is -0.497 e. The van der Waals surface area contributed by atoms with E-state index in [1.165, 1.54) is 0 Å². The number of benzene rings is 1. The molecule has 0 radical (unpaired) electrons. The quantitative estimate of drug-likeness (QED) is 0.509. The van der Waals surface area contributed by atoms with E-state index in [4.69, 9.17) is 14.2 Å². The van der Waals surface area contributed by atoms with Crippen molar-refractivity contribution in [3.05, 3.63) is 23.8 Å². The van der Waals surface area contributed by atoms with Gasteiger partial charge in [0.05, 0.1) is 19.3 Å². The van der Waals surface area contributed by atoms with E-state index in [9.17, 15) is 4.79 Å². The number of hydrogen-bond donors (Lipinski definition) is 0. The maximum atomic E-state index is 10.9. The van der Waals surface area contributed by atoms with Gasteiger partial charge in [0, 0.05) is 6.61 Å². The average molecular weight is 266 g/mol. The van der Waals surface area contributed by atoms with Gasteiger partial charge in [-0.3, -0.25) is 4.79 Å². The first-order chi connectivity index (χ1) is 9.17. The summed E-state index contributed by atoms with van der Waals surface area (Å²) >= 11 is 0.